The van der Waals surface area contributed by atoms with Crippen LogP contribution in [0.15, 0.2) is 35.7 Å². The second-order valence-corrected chi connectivity index (χ2v) is 8.46. The Hall–Kier alpha value is -2.20. The number of amides is 1. The van der Waals surface area contributed by atoms with E-state index in [9.17, 15) is 4.79 Å². The number of hydrogen-bond donors (Lipinski definition) is 0. The standard InChI is InChI=1S/C22H28N4OS/c1-18-13-19(2)15-20(14-18)26(7-4-6-23)22(27)17-25-10-8-24(9-11-25)16-21-5-3-12-28-21/h3,5,12-15H,4,7-11,16-17H2,1-2H3. The van der Waals surface area contributed by atoms with Crippen molar-refractivity contribution in [2.75, 3.05) is 44.2 Å². The normalized spacial score (nSPS) is 15.3. The third-order valence-electron chi connectivity index (χ3n) is 5.05. The van der Waals surface area contributed by atoms with E-state index in [0.717, 1.165) is 49.5 Å². The molecule has 5 nitrogen and oxygen atoms in total. The molecule has 1 amide bonds. The van der Waals surface area contributed by atoms with Crippen LogP contribution in [0.25, 0.3) is 0 Å². The molecule has 3 rings (SSSR count). The zero-order valence-electron chi connectivity index (χ0n) is 16.7. The van der Waals surface area contributed by atoms with E-state index in [1.54, 1.807) is 16.2 Å². The Balaban J connectivity index is 1.58. The molecule has 1 aromatic heterocycles. The first-order valence-electron chi connectivity index (χ1n) is 9.78. The predicted molar refractivity (Wildman–Crippen MR) is 115 cm³/mol. The summed E-state index contributed by atoms with van der Waals surface area (Å²) in [5, 5.41) is 11.1. The molecule has 6 heteroatoms. The van der Waals surface area contributed by atoms with Crippen LogP contribution in [0.5, 0.6) is 0 Å². The van der Waals surface area contributed by atoms with Gasteiger partial charge >= 0.3 is 0 Å². The Kier molecular flexibility index (Phi) is 7.21. The minimum atomic E-state index is 0.0759. The number of carbonyl (C=O) groups is 1. The van der Waals surface area contributed by atoms with Crippen molar-refractivity contribution >= 4 is 22.9 Å². The van der Waals surface area contributed by atoms with E-state index < -0.39 is 0 Å². The second kappa shape index (κ2) is 9.83. The van der Waals surface area contributed by atoms with Crippen molar-refractivity contribution in [1.82, 2.24) is 9.80 Å². The first kappa shape index (κ1) is 20.5. The molecule has 148 valence electrons. The summed E-state index contributed by atoms with van der Waals surface area (Å²) in [7, 11) is 0. The summed E-state index contributed by atoms with van der Waals surface area (Å²) >= 11 is 1.80. The molecule has 1 aliphatic rings. The highest BCUT2D eigenvalue weighted by Gasteiger charge is 2.23. The highest BCUT2D eigenvalue weighted by atomic mass is 32.1. The Bertz CT molecular complexity index is 799. The van der Waals surface area contributed by atoms with Gasteiger partial charge in [0.2, 0.25) is 5.91 Å². The molecule has 0 saturated carbocycles. The largest absolute Gasteiger partial charge is 0.310 e. The fourth-order valence-electron chi connectivity index (χ4n) is 3.67. The van der Waals surface area contributed by atoms with Gasteiger partial charge in [0.15, 0.2) is 0 Å². The second-order valence-electron chi connectivity index (χ2n) is 7.43. The molecule has 0 N–H and O–H groups in total. The molecule has 2 heterocycles. The molecule has 1 aliphatic heterocycles. The average molecular weight is 397 g/mol. The molecule has 0 atom stereocenters. The van der Waals surface area contributed by atoms with Crippen molar-refractivity contribution in [3.63, 3.8) is 0 Å². The summed E-state index contributed by atoms with van der Waals surface area (Å²) in [6.45, 7) is 9.68. The van der Waals surface area contributed by atoms with Crippen LogP contribution >= 0.6 is 11.3 Å². The van der Waals surface area contributed by atoms with E-state index in [0.29, 0.717) is 19.5 Å². The molecule has 1 aromatic carbocycles. The molecule has 1 fully saturated rings. The average Bonchev–Trinajstić information content (AvgIpc) is 3.16. The van der Waals surface area contributed by atoms with Gasteiger partial charge in [0.1, 0.15) is 0 Å². The Morgan fingerprint density at radius 3 is 2.43 bits per heavy atom. The number of aryl methyl sites for hydroxylation is 2. The Morgan fingerprint density at radius 2 is 1.82 bits per heavy atom. The number of rotatable bonds is 7. The van der Waals surface area contributed by atoms with Crippen LogP contribution in [0.2, 0.25) is 0 Å². The van der Waals surface area contributed by atoms with Gasteiger partial charge in [-0.15, -0.1) is 11.3 Å². The van der Waals surface area contributed by atoms with E-state index in [1.165, 1.54) is 4.88 Å². The van der Waals surface area contributed by atoms with Gasteiger partial charge in [0.25, 0.3) is 0 Å². The maximum atomic E-state index is 13.0. The van der Waals surface area contributed by atoms with Gasteiger partial charge in [-0.25, -0.2) is 0 Å². The number of hydrogen-bond acceptors (Lipinski definition) is 5. The van der Waals surface area contributed by atoms with Gasteiger partial charge in [-0.2, -0.15) is 5.26 Å². The van der Waals surface area contributed by atoms with Gasteiger partial charge in [-0.05, 0) is 48.6 Å². The monoisotopic (exact) mass is 396 g/mol. The number of nitriles is 1. The topological polar surface area (TPSA) is 50.6 Å². The van der Waals surface area contributed by atoms with Crippen LogP contribution in [-0.2, 0) is 11.3 Å². The van der Waals surface area contributed by atoms with Crippen molar-refractivity contribution in [3.8, 4) is 6.07 Å². The van der Waals surface area contributed by atoms with Crippen LogP contribution in [-0.4, -0.2) is 55.0 Å². The van der Waals surface area contributed by atoms with Gasteiger partial charge < -0.3 is 4.90 Å². The van der Waals surface area contributed by atoms with Crippen molar-refractivity contribution < 1.29 is 4.79 Å². The lowest BCUT2D eigenvalue weighted by molar-refractivity contribution is -0.120. The minimum absolute atomic E-state index is 0.0759. The van der Waals surface area contributed by atoms with E-state index in [1.807, 2.05) is 26.0 Å². The third-order valence-corrected chi connectivity index (χ3v) is 5.91. The van der Waals surface area contributed by atoms with Crippen LogP contribution < -0.4 is 4.90 Å². The molecule has 0 spiro atoms. The van der Waals surface area contributed by atoms with Gasteiger partial charge in [0, 0.05) is 49.8 Å². The van der Waals surface area contributed by atoms with Gasteiger partial charge in [0.05, 0.1) is 19.0 Å². The molecule has 28 heavy (non-hydrogen) atoms. The lowest BCUT2D eigenvalue weighted by Gasteiger charge is -2.35. The van der Waals surface area contributed by atoms with E-state index in [2.05, 4.69) is 39.4 Å². The first-order valence-corrected chi connectivity index (χ1v) is 10.7. The Morgan fingerprint density at radius 1 is 1.14 bits per heavy atom. The summed E-state index contributed by atoms with van der Waals surface area (Å²) in [5.74, 6) is 0.0759. The minimum Gasteiger partial charge on any atom is -0.310 e. The van der Waals surface area contributed by atoms with Crippen molar-refractivity contribution in [2.45, 2.75) is 26.8 Å². The molecule has 2 aromatic rings. The highest BCUT2D eigenvalue weighted by Crippen LogP contribution is 2.20. The number of anilines is 1. The van der Waals surface area contributed by atoms with Crippen LogP contribution in [0, 0.1) is 25.2 Å². The van der Waals surface area contributed by atoms with Crippen LogP contribution in [0.4, 0.5) is 5.69 Å². The number of nitrogens with zero attached hydrogens (tertiary/aromatic N) is 4. The lowest BCUT2D eigenvalue weighted by atomic mass is 10.1. The molecule has 0 bridgehead atoms. The molecule has 1 saturated heterocycles. The zero-order valence-corrected chi connectivity index (χ0v) is 17.5. The maximum Gasteiger partial charge on any atom is 0.241 e. The quantitative estimate of drug-likeness (QED) is 0.719. The van der Waals surface area contributed by atoms with Crippen molar-refractivity contribution in [1.29, 1.82) is 5.26 Å². The van der Waals surface area contributed by atoms with E-state index >= 15 is 0 Å². The molecule has 0 radical (unpaired) electrons. The number of thiophene rings is 1. The highest BCUT2D eigenvalue weighted by molar-refractivity contribution is 7.09. The van der Waals surface area contributed by atoms with E-state index in [4.69, 9.17) is 5.26 Å². The van der Waals surface area contributed by atoms with Crippen LogP contribution in [0.1, 0.15) is 22.4 Å². The number of benzene rings is 1. The summed E-state index contributed by atoms with van der Waals surface area (Å²) in [6.07, 6.45) is 0.341. The van der Waals surface area contributed by atoms with Crippen molar-refractivity contribution in [3.05, 3.63) is 51.7 Å². The SMILES string of the molecule is Cc1cc(C)cc(N(CCC#N)C(=O)CN2CCN(Cc3cccs3)CC2)c1. The molecule has 0 unspecified atom stereocenters. The fraction of sp³-hybridized carbons (Fsp3) is 0.455. The number of piperazine rings is 1. The lowest BCUT2D eigenvalue weighted by Crippen LogP contribution is -2.50. The van der Waals surface area contributed by atoms with Gasteiger partial charge in [-0.3, -0.25) is 14.6 Å². The van der Waals surface area contributed by atoms with E-state index in [-0.39, 0.29) is 5.91 Å². The first-order chi connectivity index (χ1) is 13.5. The third kappa shape index (κ3) is 5.65. The van der Waals surface area contributed by atoms with Gasteiger partial charge in [-0.1, -0.05) is 12.1 Å². The van der Waals surface area contributed by atoms with Crippen molar-refractivity contribution in [2.24, 2.45) is 0 Å². The molecular formula is C22H28N4OS. The summed E-state index contributed by atoms with van der Waals surface area (Å²) in [5.41, 5.74) is 3.16. The summed E-state index contributed by atoms with van der Waals surface area (Å²) < 4.78 is 0. The Labute approximate surface area is 171 Å². The molecular weight excluding hydrogens is 368 g/mol. The number of carbonyl (C=O) groups excluding carboxylic acids is 1. The fourth-order valence-corrected chi connectivity index (χ4v) is 4.42. The smallest absolute Gasteiger partial charge is 0.241 e. The summed E-state index contributed by atoms with van der Waals surface area (Å²) in [4.78, 5) is 20.9. The molecule has 0 aliphatic carbocycles. The maximum absolute atomic E-state index is 13.0. The zero-order chi connectivity index (χ0) is 19.9. The predicted octanol–water partition coefficient (Wildman–Crippen LogP) is 3.43. The van der Waals surface area contributed by atoms with Crippen LogP contribution in [0.3, 0.4) is 0 Å². The summed E-state index contributed by atoms with van der Waals surface area (Å²) in [6, 6.07) is 12.6.